The maximum Gasteiger partial charge on any atom is 0.272 e. The number of methoxy groups -OCH3 is 2. The van der Waals surface area contributed by atoms with Gasteiger partial charge in [0.2, 0.25) is 12.9 Å². The summed E-state index contributed by atoms with van der Waals surface area (Å²) in [5.74, 6) is 2.27. The summed E-state index contributed by atoms with van der Waals surface area (Å²) >= 11 is 0. The maximum atomic E-state index is 10.8. The summed E-state index contributed by atoms with van der Waals surface area (Å²) in [5.41, 5.74) is 3.15. The molecule has 26 heavy (non-hydrogen) atoms. The maximum absolute atomic E-state index is 10.8. The van der Waals surface area contributed by atoms with E-state index in [1.807, 2.05) is 24.5 Å². The van der Waals surface area contributed by atoms with Gasteiger partial charge in [0.05, 0.1) is 30.8 Å². The Balaban J connectivity index is 1.92. The number of benzene rings is 2. The number of non-ortho nitro benzene ring substituents is 1. The summed E-state index contributed by atoms with van der Waals surface area (Å²) in [6.45, 7) is 2.73. The van der Waals surface area contributed by atoms with Crippen LogP contribution < -0.4 is 9.47 Å². The molecule has 6 heteroatoms. The molecule has 6 nitrogen and oxygen atoms in total. The zero-order chi connectivity index (χ0) is 18.7. The van der Waals surface area contributed by atoms with Gasteiger partial charge in [-0.15, -0.1) is 0 Å². The monoisotopic (exact) mass is 354 g/mol. The summed E-state index contributed by atoms with van der Waals surface area (Å²) in [4.78, 5) is 10.3. The van der Waals surface area contributed by atoms with Crippen LogP contribution in [0.25, 0.3) is 12.2 Å². The first-order chi connectivity index (χ1) is 12.5. The van der Waals surface area contributed by atoms with Gasteiger partial charge in [0.25, 0.3) is 11.4 Å². The Kier molecular flexibility index (Phi) is 4.93. The first-order valence-electron chi connectivity index (χ1n) is 8.07. The smallest absolute Gasteiger partial charge is 0.272 e. The second kappa shape index (κ2) is 7.31. The van der Waals surface area contributed by atoms with Crippen LogP contribution in [0.1, 0.15) is 18.1 Å². The number of hydrogen-bond donors (Lipinski definition) is 0. The van der Waals surface area contributed by atoms with E-state index in [1.54, 1.807) is 26.4 Å². The molecule has 3 rings (SSSR count). The lowest BCUT2D eigenvalue weighted by Crippen LogP contribution is -2.09. The van der Waals surface area contributed by atoms with Gasteiger partial charge in [-0.2, -0.15) is 0 Å². The fourth-order valence-corrected chi connectivity index (χ4v) is 2.84. The van der Waals surface area contributed by atoms with Crippen molar-refractivity contribution in [1.29, 1.82) is 0 Å². The molecule has 0 atom stereocenters. The third-order valence-electron chi connectivity index (χ3n) is 4.11. The molecule has 134 valence electrons. The highest BCUT2D eigenvalue weighted by Gasteiger charge is 2.24. The van der Waals surface area contributed by atoms with E-state index in [-0.39, 0.29) is 5.69 Å². The van der Waals surface area contributed by atoms with Crippen LogP contribution in [0.15, 0.2) is 48.2 Å². The molecule has 0 bridgehead atoms. The number of nitro groups is 1. The third kappa shape index (κ3) is 3.54. The lowest BCUT2D eigenvalue weighted by atomic mass is 10.1. The van der Waals surface area contributed by atoms with Crippen LogP contribution in [0.5, 0.6) is 17.2 Å². The van der Waals surface area contributed by atoms with Crippen molar-refractivity contribution >= 4 is 17.8 Å². The standard InChI is InChI=1S/C20H20NO5/c1-14-10-16-11-18(24-2)19(25-3)12-20(16)26(13-14)9-8-15-4-6-17(7-5-15)21(22)23/h4-12H,13H2,1-3H3/q+1. The number of nitro benzene ring substituents is 1. The molecular weight excluding hydrogens is 334 g/mol. The predicted octanol–water partition coefficient (Wildman–Crippen LogP) is 4.97. The molecule has 0 amide bonds. The number of rotatable bonds is 5. The van der Waals surface area contributed by atoms with Crippen LogP contribution in [0.4, 0.5) is 5.69 Å². The molecule has 1 aliphatic rings. The van der Waals surface area contributed by atoms with E-state index in [9.17, 15) is 10.1 Å². The van der Waals surface area contributed by atoms with Crippen LogP contribution in [0, 0.1) is 10.1 Å². The van der Waals surface area contributed by atoms with Crippen molar-refractivity contribution in [3.05, 3.63) is 69.5 Å². The Hall–Kier alpha value is -3.28. The number of hydrogen-bond acceptors (Lipinski definition) is 4. The van der Waals surface area contributed by atoms with Crippen molar-refractivity contribution in [2.24, 2.45) is 0 Å². The summed E-state index contributed by atoms with van der Waals surface area (Å²) in [6.07, 6.45) is 5.90. The molecule has 0 saturated carbocycles. The zero-order valence-corrected chi connectivity index (χ0v) is 14.9. The molecule has 0 fully saturated rings. The van der Waals surface area contributed by atoms with Crippen molar-refractivity contribution in [2.75, 3.05) is 20.8 Å². The Labute approximate surface area is 151 Å². The van der Waals surface area contributed by atoms with Crippen LogP contribution in [-0.2, 0) is 4.37 Å². The highest BCUT2D eigenvalue weighted by molar-refractivity contribution is 5.67. The Bertz CT molecular complexity index is 884. The molecule has 0 aliphatic carbocycles. The molecule has 1 aliphatic heterocycles. The fraction of sp³-hybridized carbons (Fsp3) is 0.200. The van der Waals surface area contributed by atoms with E-state index in [0.29, 0.717) is 18.1 Å². The third-order valence-corrected chi connectivity index (χ3v) is 4.11. The van der Waals surface area contributed by atoms with E-state index in [2.05, 4.69) is 17.4 Å². The normalized spacial score (nSPS) is 13.3. The van der Waals surface area contributed by atoms with Gasteiger partial charge in [-0.3, -0.25) is 10.1 Å². The van der Waals surface area contributed by atoms with E-state index >= 15 is 0 Å². The largest absolute Gasteiger partial charge is 0.537 e. The minimum absolute atomic E-state index is 0.0775. The van der Waals surface area contributed by atoms with Gasteiger partial charge in [-0.1, -0.05) is 0 Å². The highest BCUT2D eigenvalue weighted by Crippen LogP contribution is 2.43. The van der Waals surface area contributed by atoms with Gasteiger partial charge in [0.15, 0.2) is 11.5 Å². The van der Waals surface area contributed by atoms with Gasteiger partial charge in [0, 0.05) is 29.8 Å². The lowest BCUT2D eigenvalue weighted by Gasteiger charge is -2.26. The summed E-state index contributed by atoms with van der Waals surface area (Å²) < 4.78 is 13.9. The summed E-state index contributed by atoms with van der Waals surface area (Å²) in [5, 5.41) is 10.8. The van der Waals surface area contributed by atoms with Crippen LogP contribution in [-0.4, -0.2) is 25.7 Å². The molecule has 0 aromatic heterocycles. The first kappa shape index (κ1) is 17.5. The quantitative estimate of drug-likeness (QED) is 0.329. The second-order valence-corrected chi connectivity index (χ2v) is 5.96. The van der Waals surface area contributed by atoms with Gasteiger partial charge in [0.1, 0.15) is 0 Å². The molecule has 0 radical (unpaired) electrons. The molecule has 0 saturated heterocycles. The van der Waals surface area contributed by atoms with Crippen molar-refractivity contribution in [3.8, 4) is 17.2 Å². The van der Waals surface area contributed by atoms with Crippen LogP contribution >= 0.6 is 0 Å². The predicted molar refractivity (Wildman–Crippen MR) is 101 cm³/mol. The molecule has 2 aromatic rings. The Morgan fingerprint density at radius 2 is 1.77 bits per heavy atom. The van der Waals surface area contributed by atoms with Crippen molar-refractivity contribution in [3.63, 3.8) is 0 Å². The molecule has 0 unspecified atom stereocenters. The minimum atomic E-state index is -0.406. The number of fused-ring (bicyclic) bond motifs is 1. The second-order valence-electron chi connectivity index (χ2n) is 5.96. The summed E-state index contributed by atoms with van der Waals surface area (Å²) in [7, 11) is 3.22. The molecule has 0 spiro atoms. The van der Waals surface area contributed by atoms with E-state index in [0.717, 1.165) is 16.9 Å². The lowest BCUT2D eigenvalue weighted by molar-refractivity contribution is -0.384. The van der Waals surface area contributed by atoms with Gasteiger partial charge >= 0.3 is 0 Å². The van der Waals surface area contributed by atoms with Crippen molar-refractivity contribution < 1.29 is 18.8 Å². The Morgan fingerprint density at radius 1 is 1.12 bits per heavy atom. The Morgan fingerprint density at radius 3 is 2.38 bits per heavy atom. The van der Waals surface area contributed by atoms with E-state index in [1.165, 1.54) is 17.7 Å². The van der Waals surface area contributed by atoms with Crippen molar-refractivity contribution in [2.45, 2.75) is 6.92 Å². The van der Waals surface area contributed by atoms with E-state index in [4.69, 9.17) is 9.47 Å². The van der Waals surface area contributed by atoms with Gasteiger partial charge in [-0.25, -0.2) is 0 Å². The number of nitrogens with zero attached hydrogens (tertiary/aromatic N) is 1. The SMILES string of the molecule is COc1cc2c(cc1OC)[O+](C=Cc1ccc([N+](=O)[O-])cc1)CC(C)=C2. The minimum Gasteiger partial charge on any atom is -0.537 e. The van der Waals surface area contributed by atoms with Crippen molar-refractivity contribution in [1.82, 2.24) is 0 Å². The molecule has 1 heterocycles. The highest BCUT2D eigenvalue weighted by atomic mass is 16.7. The molecule has 2 aromatic carbocycles. The van der Waals surface area contributed by atoms with Crippen LogP contribution in [0.2, 0.25) is 0 Å². The average molecular weight is 354 g/mol. The summed E-state index contributed by atoms with van der Waals surface area (Å²) in [6, 6.07) is 10.3. The van der Waals surface area contributed by atoms with Gasteiger partial charge in [-0.05, 0) is 30.7 Å². The zero-order valence-electron chi connectivity index (χ0n) is 14.9. The molecular formula is C20H20NO5+. The topological polar surface area (TPSA) is 64.3 Å². The van der Waals surface area contributed by atoms with Gasteiger partial charge < -0.3 is 13.8 Å². The fourth-order valence-electron chi connectivity index (χ4n) is 2.84. The van der Waals surface area contributed by atoms with E-state index < -0.39 is 4.92 Å². The molecule has 0 N–H and O–H groups in total. The van der Waals surface area contributed by atoms with Crippen LogP contribution in [0.3, 0.4) is 0 Å². The number of ether oxygens (including phenoxy) is 2. The average Bonchev–Trinajstić information content (AvgIpc) is 2.65. The first-order valence-corrected chi connectivity index (χ1v) is 8.07.